The molecule has 2 unspecified atom stereocenters. The van der Waals surface area contributed by atoms with Crippen molar-refractivity contribution in [3.8, 4) is 11.5 Å². The number of carboxylic acid groups (broad SMARTS) is 1. The first-order valence-corrected chi connectivity index (χ1v) is 13.1. The number of aromatic nitrogens is 1. The normalized spacial score (nSPS) is 13.0. The molecular weight excluding hydrogens is 550 g/mol. The van der Waals surface area contributed by atoms with Gasteiger partial charge in [0, 0.05) is 5.56 Å². The molecule has 1 aromatic heterocycles. The molecule has 0 aliphatic heterocycles. The van der Waals surface area contributed by atoms with E-state index in [0.717, 1.165) is 11.8 Å². The molecule has 4 aromatic rings. The maximum atomic E-state index is 13.8. The summed E-state index contributed by atoms with van der Waals surface area (Å²) in [6, 6.07) is 19.8. The van der Waals surface area contributed by atoms with Crippen molar-refractivity contribution in [3.05, 3.63) is 113 Å². The molecule has 0 spiro atoms. The van der Waals surface area contributed by atoms with Crippen LogP contribution in [0.1, 0.15) is 33.3 Å². The fraction of sp³-hybridized carbons (Fsp3) is 0.207. The molecule has 11 heteroatoms. The number of ether oxygens (including phenoxy) is 1. The van der Waals surface area contributed by atoms with Crippen molar-refractivity contribution >= 4 is 23.7 Å². The van der Waals surface area contributed by atoms with E-state index in [1.807, 2.05) is 0 Å². The first-order valence-electron chi connectivity index (χ1n) is 12.1. The number of esters is 1. The maximum absolute atomic E-state index is 13.8. The lowest BCUT2D eigenvalue weighted by atomic mass is 10.1. The summed E-state index contributed by atoms with van der Waals surface area (Å²) < 4.78 is 64.3. The van der Waals surface area contributed by atoms with Gasteiger partial charge in [0.15, 0.2) is 0 Å². The zero-order valence-corrected chi connectivity index (χ0v) is 21.6. The second-order valence-electron chi connectivity index (χ2n) is 8.75. The Balaban J connectivity index is 1.38. The summed E-state index contributed by atoms with van der Waals surface area (Å²) in [6.45, 7) is 0. The van der Waals surface area contributed by atoms with Gasteiger partial charge in [-0.05, 0) is 66.1 Å². The largest absolute Gasteiger partial charge is 0.480 e. The SMILES string of the molecule is O=C(OC(c1coc(-c2ccccc2)n1)C(F)(F)F)c1ccc(CC(SCCc2ccc(F)cc2)C(=O)O)cc1. The number of oxazole rings is 1. The maximum Gasteiger partial charge on any atom is 0.431 e. The Bertz CT molecular complexity index is 1420. The monoisotopic (exact) mass is 573 g/mol. The first-order chi connectivity index (χ1) is 19.1. The Labute approximate surface area is 231 Å². The Hall–Kier alpha value is -4.12. The number of aliphatic carboxylic acids is 1. The number of hydrogen-bond donors (Lipinski definition) is 1. The van der Waals surface area contributed by atoms with Crippen molar-refractivity contribution in [3.63, 3.8) is 0 Å². The number of hydrogen-bond acceptors (Lipinski definition) is 6. The van der Waals surface area contributed by atoms with Crippen molar-refractivity contribution in [2.24, 2.45) is 0 Å². The van der Waals surface area contributed by atoms with Crippen molar-refractivity contribution in [1.29, 1.82) is 0 Å². The van der Waals surface area contributed by atoms with Crippen LogP contribution in [-0.2, 0) is 22.4 Å². The molecule has 2 atom stereocenters. The molecule has 6 nitrogen and oxygen atoms in total. The predicted molar refractivity (Wildman–Crippen MR) is 140 cm³/mol. The predicted octanol–water partition coefficient (Wildman–Crippen LogP) is 6.91. The summed E-state index contributed by atoms with van der Waals surface area (Å²) >= 11 is 1.22. The fourth-order valence-corrected chi connectivity index (χ4v) is 4.86. The van der Waals surface area contributed by atoms with Gasteiger partial charge < -0.3 is 14.3 Å². The van der Waals surface area contributed by atoms with E-state index in [0.29, 0.717) is 23.3 Å². The molecule has 1 heterocycles. The van der Waals surface area contributed by atoms with E-state index in [-0.39, 0.29) is 23.7 Å². The fourth-order valence-electron chi connectivity index (χ4n) is 3.77. The van der Waals surface area contributed by atoms with Crippen LogP contribution in [0.4, 0.5) is 17.6 Å². The van der Waals surface area contributed by atoms with E-state index in [1.165, 1.54) is 48.2 Å². The van der Waals surface area contributed by atoms with E-state index >= 15 is 0 Å². The van der Waals surface area contributed by atoms with Gasteiger partial charge in [0.2, 0.25) is 12.0 Å². The zero-order chi connectivity index (χ0) is 28.7. The number of benzene rings is 3. The van der Waals surface area contributed by atoms with Gasteiger partial charge in [0.25, 0.3) is 0 Å². The first kappa shape index (κ1) is 28.9. The molecule has 0 saturated carbocycles. The molecule has 0 fully saturated rings. The minimum Gasteiger partial charge on any atom is -0.480 e. The standard InChI is InChI=1S/C29H23F4NO5S/c30-22-12-8-18(9-13-22)14-15-40-24(27(35)36)16-19-6-10-21(11-7-19)28(37)39-25(29(31,32)33)23-17-38-26(34-23)20-4-2-1-3-5-20/h1-13,17,24-25H,14-16H2,(H,35,36). The van der Waals surface area contributed by atoms with Crippen LogP contribution in [0.25, 0.3) is 11.5 Å². The lowest BCUT2D eigenvalue weighted by Gasteiger charge is -2.18. The Morgan fingerprint density at radius 1 is 0.950 bits per heavy atom. The Morgan fingerprint density at radius 3 is 2.23 bits per heavy atom. The van der Waals surface area contributed by atoms with Gasteiger partial charge in [0.05, 0.1) is 5.56 Å². The molecule has 0 aliphatic rings. The molecule has 4 rings (SSSR count). The van der Waals surface area contributed by atoms with Gasteiger partial charge in [-0.2, -0.15) is 13.2 Å². The summed E-state index contributed by atoms with van der Waals surface area (Å²) in [5.74, 6) is -2.16. The minimum atomic E-state index is -4.94. The van der Waals surface area contributed by atoms with E-state index in [2.05, 4.69) is 4.98 Å². The number of carbonyl (C=O) groups is 2. The highest BCUT2D eigenvalue weighted by Crippen LogP contribution is 2.37. The van der Waals surface area contributed by atoms with Crippen molar-refractivity contribution in [2.75, 3.05) is 5.75 Å². The smallest absolute Gasteiger partial charge is 0.431 e. The third-order valence-corrected chi connectivity index (χ3v) is 7.05. The van der Waals surface area contributed by atoms with Crippen LogP contribution in [0.15, 0.2) is 89.5 Å². The van der Waals surface area contributed by atoms with Crippen LogP contribution in [-0.4, -0.2) is 39.2 Å². The van der Waals surface area contributed by atoms with Crippen molar-refractivity contribution < 1.29 is 41.4 Å². The number of aryl methyl sites for hydroxylation is 1. The van der Waals surface area contributed by atoms with Crippen LogP contribution in [0, 0.1) is 5.82 Å². The van der Waals surface area contributed by atoms with Gasteiger partial charge >= 0.3 is 18.1 Å². The third kappa shape index (κ3) is 7.72. The quantitative estimate of drug-likeness (QED) is 0.154. The number of nitrogens with zero attached hydrogens (tertiary/aromatic N) is 1. The summed E-state index contributed by atoms with van der Waals surface area (Å²) in [6.07, 6.45) is -6.10. The Kier molecular flexibility index (Phi) is 9.26. The van der Waals surface area contributed by atoms with E-state index in [4.69, 9.17) is 9.15 Å². The number of rotatable bonds is 11. The summed E-state index contributed by atoms with van der Waals surface area (Å²) in [5, 5.41) is 8.81. The second-order valence-corrected chi connectivity index (χ2v) is 10.1. The number of carboxylic acids is 1. The van der Waals surface area contributed by atoms with E-state index in [9.17, 15) is 32.3 Å². The third-order valence-electron chi connectivity index (χ3n) is 5.84. The second kappa shape index (κ2) is 12.8. The van der Waals surface area contributed by atoms with Gasteiger partial charge in [0.1, 0.15) is 23.0 Å². The van der Waals surface area contributed by atoms with Gasteiger partial charge in [-0.15, -0.1) is 11.8 Å². The highest BCUT2D eigenvalue weighted by atomic mass is 32.2. The van der Waals surface area contributed by atoms with Crippen LogP contribution < -0.4 is 0 Å². The molecular formula is C29H23F4NO5S. The molecule has 208 valence electrons. The van der Waals surface area contributed by atoms with Gasteiger partial charge in [-0.3, -0.25) is 4.79 Å². The number of thioether (sulfide) groups is 1. The number of alkyl halides is 3. The van der Waals surface area contributed by atoms with Crippen LogP contribution in [0.2, 0.25) is 0 Å². The van der Waals surface area contributed by atoms with Crippen LogP contribution >= 0.6 is 11.8 Å². The number of halogens is 4. The van der Waals surface area contributed by atoms with Gasteiger partial charge in [-0.1, -0.05) is 42.5 Å². The molecule has 0 bridgehead atoms. The summed E-state index contributed by atoms with van der Waals surface area (Å²) in [5.41, 5.74) is 1.18. The molecule has 1 N–H and O–H groups in total. The highest BCUT2D eigenvalue weighted by Gasteiger charge is 2.46. The lowest BCUT2D eigenvalue weighted by molar-refractivity contribution is -0.208. The minimum absolute atomic E-state index is 0.0474. The van der Waals surface area contributed by atoms with Crippen molar-refractivity contribution in [1.82, 2.24) is 4.98 Å². The topological polar surface area (TPSA) is 89.6 Å². The average molecular weight is 574 g/mol. The highest BCUT2D eigenvalue weighted by molar-refractivity contribution is 8.00. The lowest BCUT2D eigenvalue weighted by Crippen LogP contribution is -2.26. The average Bonchev–Trinajstić information content (AvgIpc) is 3.42. The molecule has 0 saturated heterocycles. The molecule has 0 amide bonds. The molecule has 0 aliphatic carbocycles. The van der Waals surface area contributed by atoms with E-state index < -0.39 is 35.2 Å². The van der Waals surface area contributed by atoms with Crippen molar-refractivity contribution in [2.45, 2.75) is 30.4 Å². The molecule has 3 aromatic carbocycles. The molecule has 40 heavy (non-hydrogen) atoms. The van der Waals surface area contributed by atoms with Gasteiger partial charge in [-0.25, -0.2) is 14.2 Å². The van der Waals surface area contributed by atoms with Crippen LogP contribution in [0.5, 0.6) is 0 Å². The number of carbonyl (C=O) groups excluding carboxylic acids is 1. The zero-order valence-electron chi connectivity index (χ0n) is 20.8. The summed E-state index contributed by atoms with van der Waals surface area (Å²) in [4.78, 5) is 28.2. The van der Waals surface area contributed by atoms with E-state index in [1.54, 1.807) is 42.5 Å². The summed E-state index contributed by atoms with van der Waals surface area (Å²) in [7, 11) is 0. The Morgan fingerprint density at radius 2 is 1.60 bits per heavy atom. The molecule has 0 radical (unpaired) electrons. The van der Waals surface area contributed by atoms with Crippen LogP contribution in [0.3, 0.4) is 0 Å².